The number of hydrogen-bond acceptors (Lipinski definition) is 4. The van der Waals surface area contributed by atoms with Crippen LogP contribution in [0.2, 0.25) is 0 Å². The number of rotatable bonds is 7. The van der Waals surface area contributed by atoms with Crippen molar-refractivity contribution in [2.45, 2.75) is 33.7 Å². The molecule has 0 saturated heterocycles. The third-order valence-corrected chi connectivity index (χ3v) is 5.63. The molecule has 0 N–H and O–H groups in total. The van der Waals surface area contributed by atoms with Crippen LogP contribution in [0.3, 0.4) is 0 Å². The molecule has 2 aromatic heterocycles. The minimum Gasteiger partial charge on any atom is -0.485 e. The van der Waals surface area contributed by atoms with Gasteiger partial charge in [0.05, 0.1) is 0 Å². The van der Waals surface area contributed by atoms with E-state index in [1.165, 1.54) is 11.6 Å². The van der Waals surface area contributed by atoms with E-state index in [0.29, 0.717) is 16.9 Å². The Labute approximate surface area is 180 Å². The molecule has 0 atom stereocenters. The molecule has 2 heterocycles. The summed E-state index contributed by atoms with van der Waals surface area (Å²) in [5.74, 6) is 0.414. The molecule has 0 aliphatic carbocycles. The summed E-state index contributed by atoms with van der Waals surface area (Å²) >= 11 is 0. The molecular weight excluding hydrogens is 390 g/mol. The fraction of sp³-hybridized carbons (Fsp3) is 0.231. The van der Waals surface area contributed by atoms with E-state index in [2.05, 4.69) is 16.7 Å². The van der Waals surface area contributed by atoms with Gasteiger partial charge in [0.15, 0.2) is 6.61 Å². The smallest absolute Gasteiger partial charge is 0.336 e. The minimum absolute atomic E-state index is 0.0788. The van der Waals surface area contributed by atoms with E-state index < -0.39 is 5.63 Å². The van der Waals surface area contributed by atoms with Crippen LogP contribution in [0.4, 0.5) is 0 Å². The van der Waals surface area contributed by atoms with Crippen molar-refractivity contribution >= 4 is 16.8 Å². The monoisotopic (exact) mass is 415 g/mol. The number of aromatic nitrogens is 1. The second kappa shape index (κ2) is 8.64. The summed E-state index contributed by atoms with van der Waals surface area (Å²) in [7, 11) is 0. The zero-order valence-electron chi connectivity index (χ0n) is 18.0. The quantitative estimate of drug-likeness (QED) is 0.314. The Morgan fingerprint density at radius 1 is 1.00 bits per heavy atom. The average molecular weight is 415 g/mol. The van der Waals surface area contributed by atoms with Crippen molar-refractivity contribution in [1.29, 1.82) is 0 Å². The first-order valence-electron chi connectivity index (χ1n) is 10.3. The van der Waals surface area contributed by atoms with Crippen molar-refractivity contribution in [3.63, 3.8) is 0 Å². The first-order chi connectivity index (χ1) is 14.9. The van der Waals surface area contributed by atoms with Gasteiger partial charge >= 0.3 is 5.63 Å². The first-order valence-corrected chi connectivity index (χ1v) is 10.3. The number of carbonyl (C=O) groups excluding carboxylic acids is 1. The lowest BCUT2D eigenvalue weighted by atomic mass is 10.1. The molecule has 4 aromatic rings. The van der Waals surface area contributed by atoms with Crippen molar-refractivity contribution in [2.75, 3.05) is 6.61 Å². The fourth-order valence-electron chi connectivity index (χ4n) is 3.93. The van der Waals surface area contributed by atoms with E-state index in [0.717, 1.165) is 35.3 Å². The van der Waals surface area contributed by atoms with Crippen LogP contribution in [0.5, 0.6) is 5.75 Å². The molecule has 5 nitrogen and oxygen atoms in total. The molecule has 0 aliphatic heterocycles. The van der Waals surface area contributed by atoms with Gasteiger partial charge in [-0.2, -0.15) is 0 Å². The number of ketones is 1. The third-order valence-electron chi connectivity index (χ3n) is 5.63. The molecule has 0 spiro atoms. The van der Waals surface area contributed by atoms with E-state index in [-0.39, 0.29) is 12.4 Å². The van der Waals surface area contributed by atoms with Gasteiger partial charge in [-0.25, -0.2) is 4.79 Å². The van der Waals surface area contributed by atoms with Crippen LogP contribution in [0.15, 0.2) is 69.9 Å². The number of benzene rings is 2. The van der Waals surface area contributed by atoms with Crippen LogP contribution in [-0.4, -0.2) is 17.0 Å². The summed E-state index contributed by atoms with van der Waals surface area (Å²) in [5, 5.41) is 0.847. The lowest BCUT2D eigenvalue weighted by Crippen LogP contribution is -2.13. The standard InChI is InChI=1S/C26H25NO4/c1-17-13-26(29)31-25-15-21(9-10-22(17)25)30-16-24(28)23-14-18(2)27(19(23)3)12-11-20-7-5-4-6-8-20/h4-10,13-15H,11-12,16H2,1-3H3. The summed E-state index contributed by atoms with van der Waals surface area (Å²) in [4.78, 5) is 24.5. The Kier molecular flexibility index (Phi) is 5.76. The van der Waals surface area contributed by atoms with Gasteiger partial charge in [0.2, 0.25) is 5.78 Å². The molecule has 0 saturated carbocycles. The molecule has 2 aromatic carbocycles. The maximum absolute atomic E-state index is 12.8. The van der Waals surface area contributed by atoms with Gasteiger partial charge in [0.25, 0.3) is 0 Å². The predicted molar refractivity (Wildman–Crippen MR) is 121 cm³/mol. The van der Waals surface area contributed by atoms with Crippen molar-refractivity contribution < 1.29 is 13.9 Å². The van der Waals surface area contributed by atoms with Crippen LogP contribution in [-0.2, 0) is 13.0 Å². The Bertz CT molecular complexity index is 1300. The van der Waals surface area contributed by atoms with Crippen LogP contribution >= 0.6 is 0 Å². The molecule has 0 fully saturated rings. The number of hydrogen-bond donors (Lipinski definition) is 0. The van der Waals surface area contributed by atoms with Crippen molar-refractivity contribution in [3.8, 4) is 5.75 Å². The van der Waals surface area contributed by atoms with Crippen molar-refractivity contribution in [3.05, 3.63) is 99.2 Å². The minimum atomic E-state index is -0.402. The highest BCUT2D eigenvalue weighted by Crippen LogP contribution is 2.23. The zero-order valence-corrected chi connectivity index (χ0v) is 18.0. The molecule has 4 rings (SSSR count). The second-order valence-corrected chi connectivity index (χ2v) is 7.79. The molecule has 31 heavy (non-hydrogen) atoms. The van der Waals surface area contributed by atoms with Crippen LogP contribution in [0.1, 0.15) is 32.9 Å². The number of ether oxygens (including phenoxy) is 1. The van der Waals surface area contributed by atoms with Crippen LogP contribution in [0, 0.1) is 20.8 Å². The SMILES string of the molecule is Cc1cc(=O)oc2cc(OCC(=O)c3cc(C)n(CCc4ccccc4)c3C)ccc12. The van der Waals surface area contributed by atoms with E-state index in [4.69, 9.17) is 9.15 Å². The number of nitrogens with zero attached hydrogens (tertiary/aromatic N) is 1. The van der Waals surface area contributed by atoms with Crippen LogP contribution in [0.25, 0.3) is 11.0 Å². The maximum atomic E-state index is 12.8. The van der Waals surface area contributed by atoms with E-state index in [1.807, 2.05) is 51.1 Å². The lowest BCUT2D eigenvalue weighted by Gasteiger charge is -2.10. The van der Waals surface area contributed by atoms with Gasteiger partial charge in [0.1, 0.15) is 11.3 Å². The number of fused-ring (bicyclic) bond motifs is 1. The van der Waals surface area contributed by atoms with Crippen LogP contribution < -0.4 is 10.4 Å². The topological polar surface area (TPSA) is 61.4 Å². The van der Waals surface area contributed by atoms with Gasteiger partial charge in [-0.1, -0.05) is 30.3 Å². The Hall–Kier alpha value is -3.60. The summed E-state index contributed by atoms with van der Waals surface area (Å²) < 4.78 is 13.1. The fourth-order valence-corrected chi connectivity index (χ4v) is 3.93. The molecule has 0 unspecified atom stereocenters. The Balaban J connectivity index is 1.46. The molecule has 0 bridgehead atoms. The second-order valence-electron chi connectivity index (χ2n) is 7.79. The highest BCUT2D eigenvalue weighted by atomic mass is 16.5. The summed E-state index contributed by atoms with van der Waals surface area (Å²) in [5.41, 5.74) is 4.84. The Morgan fingerprint density at radius 2 is 1.77 bits per heavy atom. The molecule has 0 amide bonds. The normalized spacial score (nSPS) is 11.1. The summed E-state index contributed by atoms with van der Waals surface area (Å²) in [6.45, 7) is 6.59. The van der Waals surface area contributed by atoms with Crippen molar-refractivity contribution in [2.24, 2.45) is 0 Å². The Morgan fingerprint density at radius 3 is 2.55 bits per heavy atom. The van der Waals surface area contributed by atoms with E-state index in [9.17, 15) is 9.59 Å². The number of aryl methyl sites for hydroxylation is 3. The highest BCUT2D eigenvalue weighted by Gasteiger charge is 2.16. The van der Waals surface area contributed by atoms with Gasteiger partial charge in [0, 0.05) is 41.0 Å². The van der Waals surface area contributed by atoms with E-state index in [1.54, 1.807) is 12.1 Å². The predicted octanol–water partition coefficient (Wildman–Crippen LogP) is 5.02. The number of Topliss-reactive ketones (excluding diaryl/α,β-unsaturated/α-hetero) is 1. The molecule has 0 aliphatic rings. The highest BCUT2D eigenvalue weighted by molar-refractivity contribution is 5.98. The maximum Gasteiger partial charge on any atom is 0.336 e. The summed E-state index contributed by atoms with van der Waals surface area (Å²) in [6.07, 6.45) is 0.906. The third kappa shape index (κ3) is 4.45. The van der Waals surface area contributed by atoms with E-state index >= 15 is 0 Å². The largest absolute Gasteiger partial charge is 0.485 e. The molecular formula is C26H25NO4. The molecule has 158 valence electrons. The molecule has 0 radical (unpaired) electrons. The lowest BCUT2D eigenvalue weighted by molar-refractivity contribution is 0.0920. The average Bonchev–Trinajstić information content (AvgIpc) is 3.04. The van der Waals surface area contributed by atoms with Gasteiger partial charge < -0.3 is 13.7 Å². The van der Waals surface area contributed by atoms with Crippen molar-refractivity contribution in [1.82, 2.24) is 4.57 Å². The van der Waals surface area contributed by atoms with Gasteiger partial charge in [-0.05, 0) is 56.5 Å². The molecule has 5 heteroatoms. The first kappa shape index (κ1) is 20.7. The summed E-state index contributed by atoms with van der Waals surface area (Å²) in [6, 6.07) is 19.0. The number of carbonyl (C=O) groups is 1. The zero-order chi connectivity index (χ0) is 22.0. The van der Waals surface area contributed by atoms with Gasteiger partial charge in [-0.15, -0.1) is 0 Å². The van der Waals surface area contributed by atoms with Gasteiger partial charge in [-0.3, -0.25) is 4.79 Å².